The molecule has 116 valence electrons. The van der Waals surface area contributed by atoms with E-state index >= 15 is 0 Å². The van der Waals surface area contributed by atoms with Gasteiger partial charge in [-0.15, -0.1) is 12.4 Å². The van der Waals surface area contributed by atoms with Gasteiger partial charge in [0.15, 0.2) is 0 Å². The second kappa shape index (κ2) is 8.22. The zero-order chi connectivity index (χ0) is 14.5. The minimum absolute atomic E-state index is 0. The molecule has 1 saturated heterocycles. The number of carboxylic acids is 1. The van der Waals surface area contributed by atoms with Crippen molar-refractivity contribution < 1.29 is 14.7 Å². The summed E-state index contributed by atoms with van der Waals surface area (Å²) in [7, 11) is 0. The molecule has 2 rings (SSSR count). The number of halogens is 2. The molecule has 21 heavy (non-hydrogen) atoms. The number of hydrogen-bond donors (Lipinski definition) is 2. The fourth-order valence-electron chi connectivity index (χ4n) is 2.38. The van der Waals surface area contributed by atoms with Crippen molar-refractivity contribution in [3.05, 3.63) is 29.3 Å². The maximum atomic E-state index is 12.0. The zero-order valence-electron chi connectivity index (χ0n) is 11.4. The van der Waals surface area contributed by atoms with Crippen LogP contribution in [-0.2, 0) is 9.59 Å². The highest BCUT2D eigenvalue weighted by atomic mass is 35.5. The molecule has 0 aliphatic carbocycles. The molecule has 1 aliphatic rings. The van der Waals surface area contributed by atoms with E-state index in [9.17, 15) is 9.59 Å². The summed E-state index contributed by atoms with van der Waals surface area (Å²) < 4.78 is 0. The third-order valence-corrected chi connectivity index (χ3v) is 3.63. The van der Waals surface area contributed by atoms with E-state index in [-0.39, 0.29) is 24.9 Å². The van der Waals surface area contributed by atoms with E-state index in [0.29, 0.717) is 23.7 Å². The molecular weight excluding hydrogens is 315 g/mol. The van der Waals surface area contributed by atoms with Crippen LogP contribution in [0.5, 0.6) is 0 Å². The van der Waals surface area contributed by atoms with Crippen molar-refractivity contribution in [3.63, 3.8) is 0 Å². The summed E-state index contributed by atoms with van der Waals surface area (Å²) in [6, 6.07) is 6.26. The number of carbonyl (C=O) groups is 2. The lowest BCUT2D eigenvalue weighted by Gasteiger charge is -2.32. The Morgan fingerprint density at radius 3 is 2.57 bits per heavy atom. The summed E-state index contributed by atoms with van der Waals surface area (Å²) in [6.07, 6.45) is 2.42. The van der Waals surface area contributed by atoms with Crippen LogP contribution in [0.1, 0.15) is 19.3 Å². The van der Waals surface area contributed by atoms with Gasteiger partial charge in [0.2, 0.25) is 5.91 Å². The molecule has 1 amide bonds. The number of nitrogens with one attached hydrogen (secondary N) is 1. The maximum Gasteiger partial charge on any atom is 0.320 e. The Labute approximate surface area is 134 Å². The molecular formula is C14H18Cl2N2O3. The molecule has 1 heterocycles. The van der Waals surface area contributed by atoms with Crippen molar-refractivity contribution in [2.75, 3.05) is 18.4 Å². The highest BCUT2D eigenvalue weighted by Crippen LogP contribution is 2.17. The Kier molecular flexibility index (Phi) is 6.95. The van der Waals surface area contributed by atoms with Crippen molar-refractivity contribution in [2.45, 2.75) is 25.3 Å². The normalized spacial score (nSPS) is 18.6. The molecule has 0 saturated carbocycles. The Morgan fingerprint density at radius 1 is 1.29 bits per heavy atom. The number of likely N-dealkylation sites (tertiary alicyclic amines) is 1. The summed E-state index contributed by atoms with van der Waals surface area (Å²) in [4.78, 5) is 24.8. The second-order valence-electron chi connectivity index (χ2n) is 4.88. The number of carbonyl (C=O) groups excluding carboxylic acids is 1. The highest BCUT2D eigenvalue weighted by molar-refractivity contribution is 6.30. The smallest absolute Gasteiger partial charge is 0.320 e. The van der Waals surface area contributed by atoms with E-state index in [4.69, 9.17) is 16.7 Å². The summed E-state index contributed by atoms with van der Waals surface area (Å²) in [5, 5.41) is 12.5. The average Bonchev–Trinajstić information content (AvgIpc) is 2.41. The van der Waals surface area contributed by atoms with E-state index in [1.165, 1.54) is 0 Å². The summed E-state index contributed by atoms with van der Waals surface area (Å²) in [5.41, 5.74) is 0.656. The Hall–Kier alpha value is -1.30. The van der Waals surface area contributed by atoms with Crippen LogP contribution in [0.3, 0.4) is 0 Å². The zero-order valence-corrected chi connectivity index (χ0v) is 13.0. The summed E-state index contributed by atoms with van der Waals surface area (Å²) in [5.74, 6) is -1.07. The average molecular weight is 333 g/mol. The first-order valence-electron chi connectivity index (χ1n) is 6.58. The predicted molar refractivity (Wildman–Crippen MR) is 84.2 cm³/mol. The summed E-state index contributed by atoms with van der Waals surface area (Å²) >= 11 is 5.77. The van der Waals surface area contributed by atoms with Crippen molar-refractivity contribution in [3.8, 4) is 0 Å². The van der Waals surface area contributed by atoms with E-state index in [0.717, 1.165) is 12.8 Å². The van der Waals surface area contributed by atoms with Crippen LogP contribution in [0.25, 0.3) is 0 Å². The maximum absolute atomic E-state index is 12.0. The summed E-state index contributed by atoms with van der Waals surface area (Å²) in [6.45, 7) is 0.741. The van der Waals surface area contributed by atoms with Crippen LogP contribution in [0.4, 0.5) is 5.69 Å². The number of piperidine rings is 1. The van der Waals surface area contributed by atoms with E-state index in [1.54, 1.807) is 29.2 Å². The lowest BCUT2D eigenvalue weighted by molar-refractivity contribution is -0.145. The van der Waals surface area contributed by atoms with Crippen LogP contribution < -0.4 is 5.32 Å². The van der Waals surface area contributed by atoms with Gasteiger partial charge < -0.3 is 10.4 Å². The van der Waals surface area contributed by atoms with Crippen molar-refractivity contribution in [1.29, 1.82) is 0 Å². The molecule has 0 aromatic heterocycles. The highest BCUT2D eigenvalue weighted by Gasteiger charge is 2.29. The molecule has 2 N–H and O–H groups in total. The van der Waals surface area contributed by atoms with Gasteiger partial charge in [-0.05, 0) is 43.7 Å². The Bertz CT molecular complexity index is 493. The minimum atomic E-state index is -0.857. The number of amides is 1. The molecule has 1 aromatic rings. The molecule has 1 atom stereocenters. The second-order valence-corrected chi connectivity index (χ2v) is 5.31. The van der Waals surface area contributed by atoms with Gasteiger partial charge in [0.05, 0.1) is 6.54 Å². The van der Waals surface area contributed by atoms with Crippen LogP contribution in [0.2, 0.25) is 5.02 Å². The first-order valence-corrected chi connectivity index (χ1v) is 6.96. The number of hydrogen-bond acceptors (Lipinski definition) is 3. The lowest BCUT2D eigenvalue weighted by atomic mass is 10.0. The first-order chi connectivity index (χ1) is 9.56. The van der Waals surface area contributed by atoms with Crippen molar-refractivity contribution in [1.82, 2.24) is 4.90 Å². The van der Waals surface area contributed by atoms with Crippen LogP contribution in [-0.4, -0.2) is 41.0 Å². The van der Waals surface area contributed by atoms with Gasteiger partial charge in [-0.2, -0.15) is 0 Å². The minimum Gasteiger partial charge on any atom is -0.480 e. The topological polar surface area (TPSA) is 69.6 Å². The molecule has 0 bridgehead atoms. The molecule has 1 aliphatic heterocycles. The molecule has 1 aromatic carbocycles. The van der Waals surface area contributed by atoms with Crippen molar-refractivity contribution in [2.24, 2.45) is 0 Å². The van der Waals surface area contributed by atoms with Gasteiger partial charge in [0, 0.05) is 10.7 Å². The molecule has 1 unspecified atom stereocenters. The third kappa shape index (κ3) is 5.19. The number of anilines is 1. The molecule has 5 nitrogen and oxygen atoms in total. The van der Waals surface area contributed by atoms with Gasteiger partial charge in [-0.1, -0.05) is 18.0 Å². The molecule has 1 fully saturated rings. The van der Waals surface area contributed by atoms with Crippen molar-refractivity contribution >= 4 is 41.6 Å². The number of nitrogens with zero attached hydrogens (tertiary/aromatic N) is 1. The fourth-order valence-corrected chi connectivity index (χ4v) is 2.50. The van der Waals surface area contributed by atoms with Gasteiger partial charge in [0.1, 0.15) is 6.04 Å². The van der Waals surface area contributed by atoms with Gasteiger partial charge >= 0.3 is 5.97 Å². The molecule has 0 radical (unpaired) electrons. The third-order valence-electron chi connectivity index (χ3n) is 3.37. The Morgan fingerprint density at radius 2 is 1.95 bits per heavy atom. The monoisotopic (exact) mass is 332 g/mol. The Balaban J connectivity index is 0.00000220. The van der Waals surface area contributed by atoms with E-state index < -0.39 is 12.0 Å². The fraction of sp³-hybridized carbons (Fsp3) is 0.429. The van der Waals surface area contributed by atoms with Crippen LogP contribution >= 0.6 is 24.0 Å². The lowest BCUT2D eigenvalue weighted by Crippen LogP contribution is -2.47. The van der Waals surface area contributed by atoms with E-state index in [2.05, 4.69) is 5.32 Å². The van der Waals surface area contributed by atoms with Crippen LogP contribution in [0, 0.1) is 0 Å². The van der Waals surface area contributed by atoms with Gasteiger partial charge in [0.25, 0.3) is 0 Å². The number of aliphatic carboxylic acids is 1. The molecule has 0 spiro atoms. The van der Waals surface area contributed by atoms with Gasteiger partial charge in [-0.25, -0.2) is 0 Å². The predicted octanol–water partition coefficient (Wildman–Crippen LogP) is 2.64. The quantitative estimate of drug-likeness (QED) is 0.889. The number of carboxylic acid groups (broad SMARTS) is 1. The van der Waals surface area contributed by atoms with Gasteiger partial charge in [-0.3, -0.25) is 14.5 Å². The SMILES string of the molecule is Cl.O=C(CN1CCCCC1C(=O)O)Nc1ccc(Cl)cc1. The standard InChI is InChI=1S/C14H17ClN2O3.ClH/c15-10-4-6-11(7-5-10)16-13(18)9-17-8-2-1-3-12(17)14(19)20;/h4-7,12H,1-3,8-9H2,(H,16,18)(H,19,20);1H. The van der Waals surface area contributed by atoms with Crippen LogP contribution in [0.15, 0.2) is 24.3 Å². The first kappa shape index (κ1) is 17.8. The number of benzene rings is 1. The largest absolute Gasteiger partial charge is 0.480 e. The van der Waals surface area contributed by atoms with E-state index in [1.807, 2.05) is 0 Å². The molecule has 7 heteroatoms. The number of rotatable bonds is 4.